The fraction of sp³-hybridized carbons (Fsp3) is 0.500. The predicted molar refractivity (Wildman–Crippen MR) is 105 cm³/mol. The van der Waals surface area contributed by atoms with Gasteiger partial charge in [0.05, 0.1) is 26.6 Å². The van der Waals surface area contributed by atoms with E-state index in [1.54, 1.807) is 27.7 Å². The van der Waals surface area contributed by atoms with Gasteiger partial charge in [0.1, 0.15) is 9.90 Å². The van der Waals surface area contributed by atoms with Gasteiger partial charge in [0.2, 0.25) is 5.95 Å². The Balaban J connectivity index is 2.35. The first-order valence-corrected chi connectivity index (χ1v) is 10.2. The van der Waals surface area contributed by atoms with Crippen molar-refractivity contribution < 1.29 is 14.0 Å². The molecule has 0 fully saturated rings. The molecule has 1 amide bonds. The standard InChI is InChI=1S/C16H19BrCl2FN3O2S/c1-7(2)25-23(16(24)11-9(4)21-22(5)15(11)20)8(3)6-10-12(18)14(19)26-13(10)17/h7-8H,6H2,1-5H3. The van der Waals surface area contributed by atoms with Crippen LogP contribution < -0.4 is 0 Å². The largest absolute Gasteiger partial charge is 0.284 e. The second-order valence-corrected chi connectivity index (χ2v) is 9.47. The summed E-state index contributed by atoms with van der Waals surface area (Å²) >= 11 is 17.1. The molecule has 1 atom stereocenters. The van der Waals surface area contributed by atoms with Crippen LogP contribution in [0.25, 0.3) is 0 Å². The van der Waals surface area contributed by atoms with Crippen LogP contribution in [0.1, 0.15) is 42.4 Å². The zero-order valence-corrected chi connectivity index (χ0v) is 18.9. The van der Waals surface area contributed by atoms with E-state index < -0.39 is 17.9 Å². The lowest BCUT2D eigenvalue weighted by molar-refractivity contribution is -0.172. The highest BCUT2D eigenvalue weighted by atomic mass is 79.9. The molecule has 2 aromatic heterocycles. The van der Waals surface area contributed by atoms with Gasteiger partial charge in [0, 0.05) is 7.05 Å². The maximum atomic E-state index is 14.3. The number of hydrogen-bond donors (Lipinski definition) is 0. The minimum atomic E-state index is -0.699. The summed E-state index contributed by atoms with van der Waals surface area (Å²) in [6.07, 6.45) is 0.119. The predicted octanol–water partition coefficient (Wildman–Crippen LogP) is 5.41. The Hall–Kier alpha value is -0.670. The monoisotopic (exact) mass is 485 g/mol. The number of hydrogen-bond acceptors (Lipinski definition) is 4. The third kappa shape index (κ3) is 4.42. The molecule has 0 saturated heterocycles. The maximum absolute atomic E-state index is 14.3. The van der Waals surface area contributed by atoms with Crippen molar-refractivity contribution in [2.75, 3.05) is 0 Å². The first-order valence-electron chi connectivity index (χ1n) is 7.86. The quantitative estimate of drug-likeness (QED) is 0.512. The summed E-state index contributed by atoms with van der Waals surface area (Å²) < 4.78 is 16.6. The molecular weight excluding hydrogens is 468 g/mol. The molecular formula is C16H19BrCl2FN3O2S. The number of nitrogens with zero attached hydrogens (tertiary/aromatic N) is 3. The molecule has 0 aliphatic rings. The van der Waals surface area contributed by atoms with Gasteiger partial charge in [-0.1, -0.05) is 23.2 Å². The minimum Gasteiger partial charge on any atom is -0.268 e. The van der Waals surface area contributed by atoms with Gasteiger partial charge < -0.3 is 0 Å². The van der Waals surface area contributed by atoms with Crippen LogP contribution >= 0.6 is 50.5 Å². The lowest BCUT2D eigenvalue weighted by Gasteiger charge is -2.30. The van der Waals surface area contributed by atoms with E-state index in [4.69, 9.17) is 28.0 Å². The highest BCUT2D eigenvalue weighted by molar-refractivity contribution is 9.11. The van der Waals surface area contributed by atoms with Gasteiger partial charge in [-0.05, 0) is 55.6 Å². The number of amides is 1. The SMILES string of the molecule is Cc1nn(C)c(F)c1C(=O)N(OC(C)C)C(C)Cc1c(Br)sc(Cl)c1Cl. The van der Waals surface area contributed by atoms with Crippen LogP contribution in [0.5, 0.6) is 0 Å². The molecule has 0 aliphatic carbocycles. The Bertz CT molecular complexity index is 825. The summed E-state index contributed by atoms with van der Waals surface area (Å²) in [4.78, 5) is 18.7. The number of hydroxylamine groups is 2. The molecule has 0 aromatic carbocycles. The zero-order valence-electron chi connectivity index (χ0n) is 14.9. The molecule has 0 aliphatic heterocycles. The van der Waals surface area contributed by atoms with Crippen molar-refractivity contribution >= 4 is 56.4 Å². The highest BCUT2D eigenvalue weighted by Crippen LogP contribution is 2.41. The van der Waals surface area contributed by atoms with Crippen LogP contribution in [0, 0.1) is 12.9 Å². The molecule has 144 valence electrons. The van der Waals surface area contributed by atoms with Gasteiger partial charge in [-0.15, -0.1) is 11.3 Å². The summed E-state index contributed by atoms with van der Waals surface area (Å²) in [7, 11) is 1.44. The Morgan fingerprint density at radius 3 is 2.46 bits per heavy atom. The van der Waals surface area contributed by atoms with Crippen molar-refractivity contribution in [3.05, 3.63) is 35.9 Å². The topological polar surface area (TPSA) is 47.4 Å². The summed E-state index contributed by atoms with van der Waals surface area (Å²) in [5.41, 5.74) is 0.980. The molecule has 1 unspecified atom stereocenters. The van der Waals surface area contributed by atoms with Crippen LogP contribution in [-0.4, -0.2) is 32.9 Å². The third-order valence-electron chi connectivity index (χ3n) is 3.64. The van der Waals surface area contributed by atoms with Crippen LogP contribution in [-0.2, 0) is 18.3 Å². The number of aryl methyl sites for hydroxylation is 2. The number of carbonyl (C=O) groups is 1. The van der Waals surface area contributed by atoms with Crippen molar-refractivity contribution in [1.82, 2.24) is 14.8 Å². The second-order valence-electron chi connectivity index (χ2n) is 6.16. The van der Waals surface area contributed by atoms with Crippen molar-refractivity contribution in [3.8, 4) is 0 Å². The van der Waals surface area contributed by atoms with Crippen LogP contribution in [0.15, 0.2) is 3.79 Å². The third-order valence-corrected chi connectivity index (χ3v) is 6.46. The summed E-state index contributed by atoms with van der Waals surface area (Å²) in [5.74, 6) is -1.28. The molecule has 0 N–H and O–H groups in total. The second kappa shape index (κ2) is 8.56. The average Bonchev–Trinajstić information content (AvgIpc) is 2.93. The first-order chi connectivity index (χ1) is 12.0. The van der Waals surface area contributed by atoms with E-state index in [0.717, 1.165) is 14.0 Å². The maximum Gasteiger partial charge on any atom is 0.284 e. The number of halogens is 4. The molecule has 0 saturated carbocycles. The number of thiophene rings is 1. The normalized spacial score (nSPS) is 12.7. The zero-order chi connectivity index (χ0) is 19.8. The molecule has 0 spiro atoms. The van der Waals surface area contributed by atoms with Gasteiger partial charge in [-0.3, -0.25) is 9.63 Å². The van der Waals surface area contributed by atoms with E-state index in [0.29, 0.717) is 21.5 Å². The lowest BCUT2D eigenvalue weighted by Crippen LogP contribution is -2.42. The van der Waals surface area contributed by atoms with E-state index in [1.165, 1.54) is 23.4 Å². The van der Waals surface area contributed by atoms with E-state index in [1.807, 2.05) is 0 Å². The van der Waals surface area contributed by atoms with E-state index >= 15 is 0 Å². The molecule has 0 radical (unpaired) electrons. The van der Waals surface area contributed by atoms with Gasteiger partial charge in [0.15, 0.2) is 0 Å². The molecule has 0 bridgehead atoms. The molecule has 5 nitrogen and oxygen atoms in total. The molecule has 10 heteroatoms. The Morgan fingerprint density at radius 2 is 2.04 bits per heavy atom. The highest BCUT2D eigenvalue weighted by Gasteiger charge is 2.31. The Labute approximate surface area is 174 Å². The summed E-state index contributed by atoms with van der Waals surface area (Å²) in [6.45, 7) is 6.98. The van der Waals surface area contributed by atoms with Crippen LogP contribution in [0.2, 0.25) is 9.36 Å². The fourth-order valence-electron chi connectivity index (χ4n) is 2.50. The smallest absolute Gasteiger partial charge is 0.268 e. The number of carbonyl (C=O) groups excluding carboxylic acids is 1. The molecule has 2 heterocycles. The lowest BCUT2D eigenvalue weighted by atomic mass is 10.1. The average molecular weight is 487 g/mol. The Morgan fingerprint density at radius 1 is 1.42 bits per heavy atom. The molecule has 2 rings (SSSR count). The number of aromatic nitrogens is 2. The van der Waals surface area contributed by atoms with Crippen molar-refractivity contribution in [2.24, 2.45) is 7.05 Å². The Kier molecular flexibility index (Phi) is 7.12. The van der Waals surface area contributed by atoms with Crippen molar-refractivity contribution in [2.45, 2.75) is 46.3 Å². The number of rotatable bonds is 6. The molecule has 26 heavy (non-hydrogen) atoms. The van der Waals surface area contributed by atoms with E-state index in [-0.39, 0.29) is 11.7 Å². The van der Waals surface area contributed by atoms with Gasteiger partial charge >= 0.3 is 0 Å². The van der Waals surface area contributed by atoms with Crippen LogP contribution in [0.4, 0.5) is 4.39 Å². The molecule has 2 aromatic rings. The summed E-state index contributed by atoms with van der Waals surface area (Å²) in [5, 5.41) is 5.59. The van der Waals surface area contributed by atoms with Crippen LogP contribution in [0.3, 0.4) is 0 Å². The van der Waals surface area contributed by atoms with Crippen molar-refractivity contribution in [1.29, 1.82) is 0 Å². The minimum absolute atomic E-state index is 0.103. The van der Waals surface area contributed by atoms with Gasteiger partial charge in [-0.25, -0.2) is 9.75 Å². The van der Waals surface area contributed by atoms with Gasteiger partial charge in [0.25, 0.3) is 5.91 Å². The summed E-state index contributed by atoms with van der Waals surface area (Å²) in [6, 6.07) is -0.414. The van der Waals surface area contributed by atoms with Crippen molar-refractivity contribution in [3.63, 3.8) is 0 Å². The van der Waals surface area contributed by atoms with E-state index in [2.05, 4.69) is 21.0 Å². The first kappa shape index (κ1) is 21.6. The fourth-order valence-corrected chi connectivity index (χ4v) is 5.11. The van der Waals surface area contributed by atoms with E-state index in [9.17, 15) is 9.18 Å². The van der Waals surface area contributed by atoms with Gasteiger partial charge in [-0.2, -0.15) is 9.49 Å².